The summed E-state index contributed by atoms with van der Waals surface area (Å²) in [5.74, 6) is 1.57. The Morgan fingerprint density at radius 1 is 1.00 bits per heavy atom. The molecule has 1 fully saturated rings. The van der Waals surface area contributed by atoms with Crippen LogP contribution >= 0.6 is 0 Å². The van der Waals surface area contributed by atoms with Gasteiger partial charge in [-0.15, -0.1) is 0 Å². The van der Waals surface area contributed by atoms with Gasteiger partial charge in [-0.2, -0.15) is 0 Å². The predicted octanol–water partition coefficient (Wildman–Crippen LogP) is 4.64. The molecule has 0 bridgehead atoms. The summed E-state index contributed by atoms with van der Waals surface area (Å²) in [4.78, 5) is 9.70. The van der Waals surface area contributed by atoms with Gasteiger partial charge >= 0.3 is 0 Å². The van der Waals surface area contributed by atoms with Crippen molar-refractivity contribution in [3.05, 3.63) is 78.0 Å². The molecular formula is C27H26N4O2. The second kappa shape index (κ2) is 7.01. The van der Waals surface area contributed by atoms with Crippen molar-refractivity contribution in [3.8, 4) is 39.8 Å². The lowest BCUT2D eigenvalue weighted by Gasteiger charge is -2.49. The molecule has 0 unspecified atom stereocenters. The van der Waals surface area contributed by atoms with E-state index in [0.717, 1.165) is 50.9 Å². The maximum absolute atomic E-state index is 10.2. The van der Waals surface area contributed by atoms with Crippen LogP contribution in [0.4, 0.5) is 0 Å². The number of ether oxygens (including phenoxy) is 1. The standard InChI is InChI=1S/C27H26N4O2/c1-17-12-21-23(29-13-17)25-30-22(24(31(25)16-33-21)19-6-4-3-5-7-19)18-8-10-20(11-9-18)27(28)14-26(2,32)15-27/h3-13,32H,14-16,28H2,1-2H3. The SMILES string of the molecule is Cc1cnc2c(c1)OCn1c-2nc(-c2ccc(C3(N)CC(C)(O)C3)cc2)c1-c1ccccc1. The number of benzene rings is 2. The minimum absolute atomic E-state index is 0.379. The van der Waals surface area contributed by atoms with Crippen molar-refractivity contribution in [2.75, 3.05) is 0 Å². The molecule has 6 nitrogen and oxygen atoms in total. The average molecular weight is 439 g/mol. The third-order valence-corrected chi connectivity index (χ3v) is 6.69. The zero-order chi connectivity index (χ0) is 22.8. The van der Waals surface area contributed by atoms with Crippen LogP contribution in [0.5, 0.6) is 5.75 Å². The number of fused-ring (bicyclic) bond motifs is 3. The molecule has 166 valence electrons. The van der Waals surface area contributed by atoms with E-state index in [4.69, 9.17) is 15.5 Å². The summed E-state index contributed by atoms with van der Waals surface area (Å²) >= 11 is 0. The molecule has 0 radical (unpaired) electrons. The summed E-state index contributed by atoms with van der Waals surface area (Å²) in [6, 6.07) is 20.5. The van der Waals surface area contributed by atoms with Gasteiger partial charge in [0.2, 0.25) is 0 Å². The smallest absolute Gasteiger partial charge is 0.167 e. The van der Waals surface area contributed by atoms with Gasteiger partial charge in [0.15, 0.2) is 18.3 Å². The van der Waals surface area contributed by atoms with E-state index >= 15 is 0 Å². The average Bonchev–Trinajstić information content (AvgIpc) is 3.18. The molecule has 0 saturated heterocycles. The lowest BCUT2D eigenvalue weighted by Crippen LogP contribution is -2.58. The predicted molar refractivity (Wildman–Crippen MR) is 127 cm³/mol. The molecule has 1 aliphatic carbocycles. The van der Waals surface area contributed by atoms with Crippen LogP contribution in [0.3, 0.4) is 0 Å². The number of aliphatic hydroxyl groups is 1. The van der Waals surface area contributed by atoms with E-state index in [9.17, 15) is 5.11 Å². The van der Waals surface area contributed by atoms with E-state index < -0.39 is 11.1 Å². The monoisotopic (exact) mass is 438 g/mol. The number of hydrogen-bond acceptors (Lipinski definition) is 5. The first-order valence-electron chi connectivity index (χ1n) is 11.2. The Hall–Kier alpha value is -3.48. The number of nitrogens with two attached hydrogens (primary N) is 1. The van der Waals surface area contributed by atoms with Gasteiger partial charge in [-0.05, 0) is 43.9 Å². The van der Waals surface area contributed by atoms with Crippen LogP contribution in [0.15, 0.2) is 66.9 Å². The molecule has 2 aliphatic rings. The summed E-state index contributed by atoms with van der Waals surface area (Å²) in [6.07, 6.45) is 2.97. The van der Waals surface area contributed by atoms with E-state index in [2.05, 4.69) is 45.9 Å². The van der Waals surface area contributed by atoms with Gasteiger partial charge in [0.25, 0.3) is 0 Å². The van der Waals surface area contributed by atoms with E-state index in [0.29, 0.717) is 19.6 Å². The van der Waals surface area contributed by atoms with Gasteiger partial charge in [0.1, 0.15) is 5.69 Å². The topological polar surface area (TPSA) is 86.2 Å². The first kappa shape index (κ1) is 20.1. The second-order valence-electron chi connectivity index (χ2n) is 9.64. The summed E-state index contributed by atoms with van der Waals surface area (Å²) in [5, 5.41) is 10.2. The lowest BCUT2D eigenvalue weighted by molar-refractivity contribution is -0.0738. The summed E-state index contributed by atoms with van der Waals surface area (Å²) in [5.41, 5.74) is 12.2. The minimum Gasteiger partial charge on any atom is -0.470 e. The number of imidazole rings is 1. The highest BCUT2D eigenvalue weighted by atomic mass is 16.5. The van der Waals surface area contributed by atoms with Crippen LogP contribution in [0, 0.1) is 6.92 Å². The van der Waals surface area contributed by atoms with Crippen molar-refractivity contribution >= 4 is 0 Å². The molecular weight excluding hydrogens is 412 g/mol. The Balaban J connectivity index is 1.48. The van der Waals surface area contributed by atoms with Crippen LogP contribution < -0.4 is 10.5 Å². The molecule has 1 aliphatic heterocycles. The van der Waals surface area contributed by atoms with Crippen molar-refractivity contribution in [1.29, 1.82) is 0 Å². The Kier molecular flexibility index (Phi) is 4.28. The number of aryl methyl sites for hydroxylation is 1. The van der Waals surface area contributed by atoms with Crippen molar-refractivity contribution in [2.24, 2.45) is 5.73 Å². The molecule has 3 heterocycles. The zero-order valence-electron chi connectivity index (χ0n) is 18.7. The lowest BCUT2D eigenvalue weighted by atomic mass is 9.63. The largest absolute Gasteiger partial charge is 0.470 e. The van der Waals surface area contributed by atoms with E-state index in [1.54, 1.807) is 0 Å². The molecule has 4 aromatic rings. The Morgan fingerprint density at radius 3 is 2.42 bits per heavy atom. The Morgan fingerprint density at radius 2 is 1.73 bits per heavy atom. The summed E-state index contributed by atoms with van der Waals surface area (Å²) < 4.78 is 8.16. The molecule has 0 spiro atoms. The van der Waals surface area contributed by atoms with Crippen LogP contribution in [0.2, 0.25) is 0 Å². The maximum Gasteiger partial charge on any atom is 0.167 e. The number of rotatable bonds is 3. The van der Waals surface area contributed by atoms with Gasteiger partial charge in [0.05, 0.1) is 17.0 Å². The number of pyridine rings is 1. The number of nitrogens with zero attached hydrogens (tertiary/aromatic N) is 3. The molecule has 2 aromatic carbocycles. The van der Waals surface area contributed by atoms with Gasteiger partial charge in [-0.25, -0.2) is 9.97 Å². The number of hydrogen-bond donors (Lipinski definition) is 2. The minimum atomic E-state index is -0.685. The normalized spacial score (nSPS) is 23.3. The fourth-order valence-corrected chi connectivity index (χ4v) is 5.28. The fraction of sp³-hybridized carbons (Fsp3) is 0.259. The first-order chi connectivity index (χ1) is 15.8. The molecule has 3 N–H and O–H groups in total. The zero-order valence-corrected chi connectivity index (χ0v) is 18.7. The Labute approximate surface area is 192 Å². The summed E-state index contributed by atoms with van der Waals surface area (Å²) in [6.45, 7) is 4.22. The molecule has 2 aromatic heterocycles. The van der Waals surface area contributed by atoms with Gasteiger partial charge in [-0.3, -0.25) is 4.57 Å². The Bertz CT molecular complexity index is 1350. The first-order valence-corrected chi connectivity index (χ1v) is 11.2. The highest BCUT2D eigenvalue weighted by molar-refractivity contribution is 5.83. The molecule has 6 heteroatoms. The quantitative estimate of drug-likeness (QED) is 0.487. The van der Waals surface area contributed by atoms with Crippen LogP contribution in [0.25, 0.3) is 34.0 Å². The van der Waals surface area contributed by atoms with Crippen LogP contribution in [-0.4, -0.2) is 25.2 Å². The van der Waals surface area contributed by atoms with Crippen LogP contribution in [-0.2, 0) is 12.3 Å². The van der Waals surface area contributed by atoms with E-state index in [-0.39, 0.29) is 0 Å². The van der Waals surface area contributed by atoms with Crippen molar-refractivity contribution < 1.29 is 9.84 Å². The van der Waals surface area contributed by atoms with E-state index in [1.165, 1.54) is 0 Å². The third kappa shape index (κ3) is 3.25. The van der Waals surface area contributed by atoms with Crippen molar-refractivity contribution in [1.82, 2.24) is 14.5 Å². The van der Waals surface area contributed by atoms with Gasteiger partial charge in [0, 0.05) is 22.9 Å². The highest BCUT2D eigenvalue weighted by Crippen LogP contribution is 2.47. The van der Waals surface area contributed by atoms with Crippen molar-refractivity contribution in [3.63, 3.8) is 0 Å². The highest BCUT2D eigenvalue weighted by Gasteiger charge is 2.49. The van der Waals surface area contributed by atoms with Crippen LogP contribution in [0.1, 0.15) is 30.9 Å². The van der Waals surface area contributed by atoms with Gasteiger partial charge < -0.3 is 15.6 Å². The molecule has 1 saturated carbocycles. The van der Waals surface area contributed by atoms with Crippen molar-refractivity contribution in [2.45, 2.75) is 44.6 Å². The second-order valence-corrected chi connectivity index (χ2v) is 9.64. The molecule has 0 amide bonds. The molecule has 0 atom stereocenters. The van der Waals surface area contributed by atoms with E-state index in [1.807, 2.05) is 44.3 Å². The maximum atomic E-state index is 10.2. The molecule has 6 rings (SSSR count). The third-order valence-electron chi connectivity index (χ3n) is 6.69. The van der Waals surface area contributed by atoms with Gasteiger partial charge in [-0.1, -0.05) is 54.6 Å². The molecule has 33 heavy (non-hydrogen) atoms. The fourth-order valence-electron chi connectivity index (χ4n) is 5.28. The summed E-state index contributed by atoms with van der Waals surface area (Å²) in [7, 11) is 0. The number of aromatic nitrogens is 3.